The van der Waals surface area contributed by atoms with E-state index in [4.69, 9.17) is 18.9 Å². The van der Waals surface area contributed by atoms with Gasteiger partial charge in [-0.05, 0) is 41.5 Å². The Morgan fingerprint density at radius 2 is 1.59 bits per heavy atom. The van der Waals surface area contributed by atoms with Crippen LogP contribution >= 0.6 is 11.8 Å². The van der Waals surface area contributed by atoms with E-state index in [2.05, 4.69) is 0 Å². The van der Waals surface area contributed by atoms with Crippen molar-refractivity contribution >= 4 is 11.8 Å². The smallest absolute Gasteiger partial charge is 0.184 e. The number of aliphatic hydroxyl groups is 1. The second kappa shape index (κ2) is 8.79. The molecule has 1 saturated heterocycles. The molecule has 0 saturated carbocycles. The van der Waals surface area contributed by atoms with E-state index in [1.807, 2.05) is 66.7 Å². The highest BCUT2D eigenvalue weighted by atomic mass is 32.2. The summed E-state index contributed by atoms with van der Waals surface area (Å²) in [5, 5.41) is 12.5. The molecule has 3 aromatic rings. The van der Waals surface area contributed by atoms with Gasteiger partial charge in [0.1, 0.15) is 17.1 Å². The summed E-state index contributed by atoms with van der Waals surface area (Å²) in [7, 11) is 3.32. The lowest BCUT2D eigenvalue weighted by Crippen LogP contribution is -2.39. The number of rotatable bonds is 5. The summed E-state index contributed by atoms with van der Waals surface area (Å²) in [4.78, 5) is 1.02. The van der Waals surface area contributed by atoms with Crippen LogP contribution in [0.2, 0.25) is 0 Å². The highest BCUT2D eigenvalue weighted by Gasteiger charge is 2.46. The van der Waals surface area contributed by atoms with Gasteiger partial charge in [-0.25, -0.2) is 0 Å². The molecule has 1 N–H and O–H groups in total. The first kappa shape index (κ1) is 21.3. The zero-order valence-corrected chi connectivity index (χ0v) is 18.9. The first-order valence-corrected chi connectivity index (χ1v) is 11.6. The summed E-state index contributed by atoms with van der Waals surface area (Å²) in [5.41, 5.74) is 2.44. The van der Waals surface area contributed by atoms with Gasteiger partial charge in [0.15, 0.2) is 6.29 Å². The van der Waals surface area contributed by atoms with E-state index in [-0.39, 0.29) is 5.92 Å². The summed E-state index contributed by atoms with van der Waals surface area (Å²) in [6, 6.07) is 21.8. The van der Waals surface area contributed by atoms with Gasteiger partial charge in [0.05, 0.1) is 27.4 Å². The molecule has 3 aromatic carbocycles. The Kier molecular flexibility index (Phi) is 5.86. The maximum atomic E-state index is 12.5. The van der Waals surface area contributed by atoms with Crippen LogP contribution < -0.4 is 9.47 Å². The number of fused-ring (bicyclic) bond motifs is 1. The monoisotopic (exact) mass is 450 g/mol. The second-order valence-corrected chi connectivity index (χ2v) is 9.03. The molecular weight excluding hydrogens is 424 g/mol. The first-order chi connectivity index (χ1) is 15.6. The molecule has 2 atom stereocenters. The first-order valence-electron chi connectivity index (χ1n) is 10.6. The second-order valence-electron chi connectivity index (χ2n) is 7.96. The number of methoxy groups -OCH3 is 2. The van der Waals surface area contributed by atoms with Crippen molar-refractivity contribution in [1.29, 1.82) is 0 Å². The van der Waals surface area contributed by atoms with Crippen LogP contribution in [0.4, 0.5) is 0 Å². The van der Waals surface area contributed by atoms with Crippen molar-refractivity contribution in [2.75, 3.05) is 33.2 Å². The fourth-order valence-electron chi connectivity index (χ4n) is 4.55. The van der Waals surface area contributed by atoms with E-state index in [1.165, 1.54) is 0 Å². The SMILES string of the molecule is COc1ccc(C2CSc3cc(OC)ccc3C2(O)c2cccc(C3OCCO3)c2)cc1. The van der Waals surface area contributed by atoms with Crippen molar-refractivity contribution < 1.29 is 24.1 Å². The predicted octanol–water partition coefficient (Wildman–Crippen LogP) is 4.87. The van der Waals surface area contributed by atoms with Crippen LogP contribution in [0.3, 0.4) is 0 Å². The number of hydrogen-bond donors (Lipinski definition) is 1. The lowest BCUT2D eigenvalue weighted by molar-refractivity contribution is -0.0444. The third-order valence-corrected chi connectivity index (χ3v) is 7.40. The molecule has 166 valence electrons. The molecule has 0 amide bonds. The molecule has 2 aliphatic heterocycles. The quantitative estimate of drug-likeness (QED) is 0.598. The van der Waals surface area contributed by atoms with E-state index in [1.54, 1.807) is 26.0 Å². The normalized spacial score (nSPS) is 23.0. The van der Waals surface area contributed by atoms with Crippen LogP contribution in [0.5, 0.6) is 11.5 Å². The van der Waals surface area contributed by atoms with Gasteiger partial charge in [-0.15, -0.1) is 11.8 Å². The average Bonchev–Trinajstić information content (AvgIpc) is 3.39. The van der Waals surface area contributed by atoms with Crippen molar-refractivity contribution in [2.45, 2.75) is 22.7 Å². The molecule has 0 aromatic heterocycles. The lowest BCUT2D eigenvalue weighted by Gasteiger charge is -2.42. The third-order valence-electron chi connectivity index (χ3n) is 6.25. The molecular formula is C26H26O5S. The van der Waals surface area contributed by atoms with Gasteiger partial charge in [0, 0.05) is 27.7 Å². The number of hydrogen-bond acceptors (Lipinski definition) is 6. The average molecular weight is 451 g/mol. The maximum absolute atomic E-state index is 12.5. The fraction of sp³-hybridized carbons (Fsp3) is 0.308. The Balaban J connectivity index is 1.65. The van der Waals surface area contributed by atoms with Gasteiger partial charge < -0.3 is 24.1 Å². The Hall–Kier alpha value is -2.51. The van der Waals surface area contributed by atoms with Gasteiger partial charge in [0.2, 0.25) is 0 Å². The molecule has 1 fully saturated rings. The van der Waals surface area contributed by atoms with Crippen molar-refractivity contribution in [1.82, 2.24) is 0 Å². The van der Waals surface area contributed by atoms with Gasteiger partial charge in [0.25, 0.3) is 0 Å². The topological polar surface area (TPSA) is 57.2 Å². The standard InChI is InChI=1S/C26H26O5S/c1-28-20-8-6-17(7-9-20)23-16-32-24-15-21(29-2)10-11-22(24)26(23,27)19-5-3-4-18(14-19)25-30-12-13-31-25/h3-11,14-15,23,25,27H,12-13,16H2,1-2H3. The third kappa shape index (κ3) is 3.67. The summed E-state index contributed by atoms with van der Waals surface area (Å²) in [6.45, 7) is 1.15. The lowest BCUT2D eigenvalue weighted by atomic mass is 9.73. The van der Waals surface area contributed by atoms with E-state index in [0.29, 0.717) is 13.2 Å². The Bertz CT molecular complexity index is 1090. The highest BCUT2D eigenvalue weighted by Crippen LogP contribution is 2.53. The number of ether oxygens (including phenoxy) is 4. The zero-order valence-electron chi connectivity index (χ0n) is 18.1. The summed E-state index contributed by atoms with van der Waals surface area (Å²) in [6.07, 6.45) is -0.397. The van der Waals surface area contributed by atoms with Crippen LogP contribution in [0.1, 0.15) is 34.5 Å². The van der Waals surface area contributed by atoms with Crippen LogP contribution in [0.15, 0.2) is 71.6 Å². The van der Waals surface area contributed by atoms with Crippen molar-refractivity contribution in [3.63, 3.8) is 0 Å². The molecule has 2 aliphatic rings. The number of benzene rings is 3. The summed E-state index contributed by atoms with van der Waals surface area (Å²) in [5.74, 6) is 2.15. The van der Waals surface area contributed by atoms with Gasteiger partial charge in [-0.1, -0.05) is 36.4 Å². The zero-order chi connectivity index (χ0) is 22.1. The predicted molar refractivity (Wildman–Crippen MR) is 124 cm³/mol. The van der Waals surface area contributed by atoms with E-state index in [9.17, 15) is 5.11 Å². The van der Waals surface area contributed by atoms with Crippen LogP contribution in [0.25, 0.3) is 0 Å². The Morgan fingerprint density at radius 1 is 0.875 bits per heavy atom. The molecule has 0 radical (unpaired) electrons. The Labute approximate surface area is 192 Å². The molecule has 2 heterocycles. The van der Waals surface area contributed by atoms with Gasteiger partial charge in [-0.2, -0.15) is 0 Å². The van der Waals surface area contributed by atoms with Crippen LogP contribution in [-0.4, -0.2) is 38.3 Å². The molecule has 0 spiro atoms. The van der Waals surface area contributed by atoms with Gasteiger partial charge >= 0.3 is 0 Å². The molecule has 6 heteroatoms. The highest BCUT2D eigenvalue weighted by molar-refractivity contribution is 7.99. The van der Waals surface area contributed by atoms with Crippen LogP contribution in [0, 0.1) is 0 Å². The van der Waals surface area contributed by atoms with Crippen molar-refractivity contribution in [3.05, 3.63) is 89.0 Å². The maximum Gasteiger partial charge on any atom is 0.184 e. The summed E-state index contributed by atoms with van der Waals surface area (Å²) < 4.78 is 22.2. The van der Waals surface area contributed by atoms with Gasteiger partial charge in [-0.3, -0.25) is 0 Å². The molecule has 32 heavy (non-hydrogen) atoms. The minimum atomic E-state index is -1.23. The van der Waals surface area contributed by atoms with Crippen molar-refractivity contribution in [2.24, 2.45) is 0 Å². The molecule has 0 aliphatic carbocycles. The minimum Gasteiger partial charge on any atom is -0.497 e. The largest absolute Gasteiger partial charge is 0.497 e. The number of thioether (sulfide) groups is 1. The molecule has 2 unspecified atom stereocenters. The molecule has 5 nitrogen and oxygen atoms in total. The van der Waals surface area contributed by atoms with Crippen molar-refractivity contribution in [3.8, 4) is 11.5 Å². The minimum absolute atomic E-state index is 0.153. The molecule has 0 bridgehead atoms. The van der Waals surface area contributed by atoms with E-state index >= 15 is 0 Å². The molecule has 5 rings (SSSR count). The fourth-order valence-corrected chi connectivity index (χ4v) is 5.91. The van der Waals surface area contributed by atoms with Crippen LogP contribution in [-0.2, 0) is 15.1 Å². The Morgan fingerprint density at radius 3 is 2.31 bits per heavy atom. The van der Waals surface area contributed by atoms with E-state index in [0.717, 1.165) is 44.4 Å². The van der Waals surface area contributed by atoms with E-state index < -0.39 is 11.9 Å². The summed E-state index contributed by atoms with van der Waals surface area (Å²) >= 11 is 1.74.